The highest BCUT2D eigenvalue weighted by atomic mass is 15.1. The third kappa shape index (κ3) is 3.91. The van der Waals surface area contributed by atoms with E-state index in [1.54, 1.807) is 0 Å². The number of hydrogen-bond acceptors (Lipinski definition) is 1. The van der Waals surface area contributed by atoms with Gasteiger partial charge in [-0.3, -0.25) is 0 Å². The molecule has 0 saturated carbocycles. The van der Waals surface area contributed by atoms with Gasteiger partial charge in [-0.25, -0.2) is 0 Å². The fourth-order valence-corrected chi connectivity index (χ4v) is 7.44. The molecule has 2 aliphatic carbocycles. The van der Waals surface area contributed by atoms with Crippen molar-refractivity contribution in [3.05, 3.63) is 150 Å². The number of rotatable bonds is 4. The lowest BCUT2D eigenvalue weighted by molar-refractivity contribution is 0.660. The highest BCUT2D eigenvalue weighted by molar-refractivity contribution is 6.02. The number of nitrogens with zero attached hydrogens (tertiary/aromatic N) is 1. The minimum atomic E-state index is -0.0871. The molecule has 42 heavy (non-hydrogen) atoms. The maximum absolute atomic E-state index is 2.50. The Morgan fingerprint density at radius 3 is 2.14 bits per heavy atom. The Morgan fingerprint density at radius 2 is 1.26 bits per heavy atom. The molecule has 0 atom stereocenters. The van der Waals surface area contributed by atoms with Gasteiger partial charge in [0.25, 0.3) is 0 Å². The normalized spacial score (nSPS) is 14.7. The monoisotopic (exact) mass is 541 g/mol. The van der Waals surface area contributed by atoms with Crippen molar-refractivity contribution >= 4 is 27.8 Å². The first-order valence-corrected chi connectivity index (χ1v) is 15.3. The molecule has 0 fully saturated rings. The number of anilines is 3. The predicted octanol–water partition coefficient (Wildman–Crippen LogP) is 11.2. The maximum atomic E-state index is 2.50. The zero-order valence-electron chi connectivity index (χ0n) is 24.4. The zero-order chi connectivity index (χ0) is 28.3. The van der Waals surface area contributed by atoms with Gasteiger partial charge in [0.1, 0.15) is 0 Å². The molecule has 204 valence electrons. The maximum Gasteiger partial charge on any atom is 0.0543 e. The van der Waals surface area contributed by atoms with E-state index >= 15 is 0 Å². The minimum absolute atomic E-state index is 0.0871. The highest BCUT2D eigenvalue weighted by Gasteiger charge is 2.37. The van der Waals surface area contributed by atoms with Gasteiger partial charge in [-0.05, 0) is 100 Å². The van der Waals surface area contributed by atoms with Gasteiger partial charge >= 0.3 is 0 Å². The molecular formula is C41H35N. The van der Waals surface area contributed by atoms with Crippen LogP contribution in [-0.4, -0.2) is 0 Å². The van der Waals surface area contributed by atoms with Crippen LogP contribution < -0.4 is 4.90 Å². The average Bonchev–Trinajstić information content (AvgIpc) is 3.27. The lowest BCUT2D eigenvalue weighted by atomic mass is 9.81. The fourth-order valence-electron chi connectivity index (χ4n) is 7.44. The van der Waals surface area contributed by atoms with Crippen LogP contribution in [0.1, 0.15) is 48.9 Å². The third-order valence-electron chi connectivity index (χ3n) is 9.62. The highest BCUT2D eigenvalue weighted by Crippen LogP contribution is 2.54. The van der Waals surface area contributed by atoms with Gasteiger partial charge in [-0.1, -0.05) is 111 Å². The van der Waals surface area contributed by atoms with Crippen LogP contribution in [0.4, 0.5) is 17.1 Å². The van der Waals surface area contributed by atoms with Gasteiger partial charge < -0.3 is 4.90 Å². The fraction of sp³-hybridized carbons (Fsp3) is 0.171. The molecule has 0 N–H and O–H groups in total. The predicted molar refractivity (Wildman–Crippen MR) is 178 cm³/mol. The molecule has 8 rings (SSSR count). The molecule has 0 amide bonds. The second kappa shape index (κ2) is 9.74. The summed E-state index contributed by atoms with van der Waals surface area (Å²) in [7, 11) is 0. The van der Waals surface area contributed by atoms with E-state index in [-0.39, 0.29) is 5.41 Å². The second-order valence-corrected chi connectivity index (χ2v) is 12.4. The van der Waals surface area contributed by atoms with E-state index in [1.807, 2.05) is 0 Å². The van der Waals surface area contributed by atoms with Crippen molar-refractivity contribution in [2.45, 2.75) is 44.9 Å². The van der Waals surface area contributed by atoms with Gasteiger partial charge in [0.05, 0.1) is 11.4 Å². The smallest absolute Gasteiger partial charge is 0.0543 e. The number of benzene rings is 6. The number of fused-ring (bicyclic) bond motifs is 5. The van der Waals surface area contributed by atoms with Crippen LogP contribution in [0.15, 0.2) is 127 Å². The molecule has 0 saturated heterocycles. The summed E-state index contributed by atoms with van der Waals surface area (Å²) in [5.41, 5.74) is 14.7. The number of hydrogen-bond donors (Lipinski definition) is 0. The Morgan fingerprint density at radius 1 is 0.524 bits per heavy atom. The summed E-state index contributed by atoms with van der Waals surface area (Å²) in [6, 6.07) is 47.6. The quantitative estimate of drug-likeness (QED) is 0.214. The van der Waals surface area contributed by atoms with Gasteiger partial charge in [0.2, 0.25) is 0 Å². The molecule has 0 spiro atoms. The summed E-state index contributed by atoms with van der Waals surface area (Å²) in [6.45, 7) is 4.76. The van der Waals surface area contributed by atoms with E-state index in [0.29, 0.717) is 0 Å². The van der Waals surface area contributed by atoms with Gasteiger partial charge in [-0.2, -0.15) is 0 Å². The Labute approximate surface area is 249 Å². The molecular weight excluding hydrogens is 506 g/mol. The van der Waals surface area contributed by atoms with Crippen LogP contribution in [0, 0.1) is 0 Å². The Balaban J connectivity index is 1.46. The first kappa shape index (κ1) is 25.1. The lowest BCUT2D eigenvalue weighted by Gasteiger charge is -2.31. The van der Waals surface area contributed by atoms with Crippen molar-refractivity contribution < 1.29 is 0 Å². The summed E-state index contributed by atoms with van der Waals surface area (Å²) in [5, 5.41) is 2.50. The van der Waals surface area contributed by atoms with E-state index in [0.717, 1.165) is 0 Å². The lowest BCUT2D eigenvalue weighted by Crippen LogP contribution is -2.17. The Hall–Kier alpha value is -4.62. The molecule has 1 nitrogen and oxygen atoms in total. The zero-order valence-corrected chi connectivity index (χ0v) is 24.4. The van der Waals surface area contributed by atoms with Crippen molar-refractivity contribution in [1.29, 1.82) is 0 Å². The van der Waals surface area contributed by atoms with E-state index < -0.39 is 0 Å². The van der Waals surface area contributed by atoms with Crippen molar-refractivity contribution in [1.82, 2.24) is 0 Å². The standard InChI is InChI=1S/C41H35N/c1-41(2)37-21-11-10-20-34(37)36-26-35(31-24-23-28-13-6-7-15-30(28)25-31)40(27-38(36)41)42(32-17-4-3-5-18-32)39-22-12-16-29-14-8-9-19-33(29)39/h3-5,8-12,14,16-27H,6-7,13,15H2,1-2H3. The average molecular weight is 542 g/mol. The summed E-state index contributed by atoms with van der Waals surface area (Å²) in [5.74, 6) is 0. The van der Waals surface area contributed by atoms with Crippen LogP contribution in [0.5, 0.6) is 0 Å². The largest absolute Gasteiger partial charge is 0.309 e. The molecule has 0 unspecified atom stereocenters. The van der Waals surface area contributed by atoms with Crippen molar-refractivity contribution in [2.75, 3.05) is 4.90 Å². The molecule has 0 radical (unpaired) electrons. The topological polar surface area (TPSA) is 3.24 Å². The molecule has 0 heterocycles. The minimum Gasteiger partial charge on any atom is -0.309 e. The summed E-state index contributed by atoms with van der Waals surface area (Å²) >= 11 is 0. The van der Waals surface area contributed by atoms with Crippen LogP contribution >= 0.6 is 0 Å². The third-order valence-corrected chi connectivity index (χ3v) is 9.62. The Kier molecular flexibility index (Phi) is 5.82. The van der Waals surface area contributed by atoms with Crippen LogP contribution in [0.2, 0.25) is 0 Å². The van der Waals surface area contributed by atoms with E-state index in [4.69, 9.17) is 0 Å². The van der Waals surface area contributed by atoms with Crippen LogP contribution in [0.25, 0.3) is 33.0 Å². The summed E-state index contributed by atoms with van der Waals surface area (Å²) < 4.78 is 0. The molecule has 2 aliphatic rings. The van der Waals surface area contributed by atoms with Crippen LogP contribution in [0.3, 0.4) is 0 Å². The first-order valence-electron chi connectivity index (χ1n) is 15.3. The van der Waals surface area contributed by atoms with Crippen molar-refractivity contribution in [2.24, 2.45) is 0 Å². The van der Waals surface area contributed by atoms with Crippen molar-refractivity contribution in [3.8, 4) is 22.3 Å². The molecule has 6 aromatic carbocycles. The SMILES string of the molecule is CC1(C)c2ccccc2-c2cc(-c3ccc4c(c3)CCCC4)c(N(c3ccccc3)c3cccc4ccccc34)cc21. The van der Waals surface area contributed by atoms with E-state index in [9.17, 15) is 0 Å². The van der Waals surface area contributed by atoms with Crippen LogP contribution in [-0.2, 0) is 18.3 Å². The van der Waals surface area contributed by atoms with Gasteiger partial charge in [0, 0.05) is 22.1 Å². The Bertz CT molecular complexity index is 1960. The second-order valence-electron chi connectivity index (χ2n) is 12.4. The van der Waals surface area contributed by atoms with E-state index in [2.05, 4.69) is 146 Å². The molecule has 1 heteroatoms. The number of para-hydroxylation sites is 1. The molecule has 0 bridgehead atoms. The molecule has 0 aliphatic heterocycles. The summed E-state index contributed by atoms with van der Waals surface area (Å²) in [4.78, 5) is 2.50. The van der Waals surface area contributed by atoms with Gasteiger partial charge in [-0.15, -0.1) is 0 Å². The summed E-state index contributed by atoms with van der Waals surface area (Å²) in [6.07, 6.45) is 4.94. The molecule has 0 aromatic heterocycles. The molecule has 6 aromatic rings. The first-order chi connectivity index (χ1) is 20.6. The van der Waals surface area contributed by atoms with E-state index in [1.165, 1.54) is 98.0 Å². The van der Waals surface area contributed by atoms with Gasteiger partial charge in [0.15, 0.2) is 0 Å². The van der Waals surface area contributed by atoms with Crippen molar-refractivity contribution in [3.63, 3.8) is 0 Å². The number of aryl methyl sites for hydroxylation is 2.